The van der Waals surface area contributed by atoms with Crippen molar-refractivity contribution in [3.05, 3.63) is 21.9 Å². The summed E-state index contributed by atoms with van der Waals surface area (Å²) in [5.74, 6) is 0.283. The van der Waals surface area contributed by atoms with Crippen LogP contribution in [-0.4, -0.2) is 12.1 Å². The van der Waals surface area contributed by atoms with Crippen LogP contribution in [-0.2, 0) is 6.54 Å². The minimum atomic E-state index is -2.59. The molecule has 0 saturated heterocycles. The van der Waals surface area contributed by atoms with Gasteiger partial charge in [-0.3, -0.25) is 0 Å². The largest absolute Gasteiger partial charge is 0.495 e. The van der Waals surface area contributed by atoms with E-state index in [0.29, 0.717) is 5.69 Å². The van der Waals surface area contributed by atoms with E-state index in [0.717, 1.165) is 0 Å². The number of nitrogens with zero attached hydrogens (tertiary/aromatic N) is 1. The van der Waals surface area contributed by atoms with E-state index >= 15 is 0 Å². The average Bonchev–Trinajstić information content (AvgIpc) is 2.16. The van der Waals surface area contributed by atoms with Gasteiger partial charge in [-0.2, -0.15) is 0 Å². The fraction of sp³-hybridized carbons (Fsp3) is 0.375. The monoisotopic (exact) mass is 266 g/mol. The molecule has 0 unspecified atom stereocenters. The van der Waals surface area contributed by atoms with Crippen LogP contribution in [0.25, 0.3) is 0 Å². The Hall–Kier alpha value is -0.750. The van der Waals surface area contributed by atoms with Gasteiger partial charge in [-0.1, -0.05) is 0 Å². The molecule has 0 atom stereocenters. The van der Waals surface area contributed by atoms with Crippen molar-refractivity contribution >= 4 is 15.9 Å². The van der Waals surface area contributed by atoms with Gasteiger partial charge < -0.3 is 10.5 Å². The van der Waals surface area contributed by atoms with E-state index in [1.165, 1.54) is 13.2 Å². The third kappa shape index (κ3) is 2.19. The fourth-order valence-corrected chi connectivity index (χ4v) is 1.50. The summed E-state index contributed by atoms with van der Waals surface area (Å²) < 4.78 is 29.8. The maximum atomic E-state index is 12.4. The SMILES string of the molecule is COc1cc(C(F)F)c(Br)nc1CN. The van der Waals surface area contributed by atoms with Gasteiger partial charge in [-0.15, -0.1) is 0 Å². The van der Waals surface area contributed by atoms with Crippen molar-refractivity contribution in [1.82, 2.24) is 4.98 Å². The van der Waals surface area contributed by atoms with E-state index in [1.54, 1.807) is 0 Å². The van der Waals surface area contributed by atoms with Gasteiger partial charge in [0.15, 0.2) is 0 Å². The molecule has 3 nitrogen and oxygen atoms in total. The summed E-state index contributed by atoms with van der Waals surface area (Å²) in [5, 5.41) is 0. The molecule has 0 saturated carbocycles. The molecule has 0 spiro atoms. The van der Waals surface area contributed by atoms with E-state index in [9.17, 15) is 8.78 Å². The van der Waals surface area contributed by atoms with Gasteiger partial charge in [0, 0.05) is 6.54 Å². The van der Waals surface area contributed by atoms with Crippen molar-refractivity contribution in [3.8, 4) is 5.75 Å². The lowest BCUT2D eigenvalue weighted by Gasteiger charge is -2.09. The van der Waals surface area contributed by atoms with Gasteiger partial charge in [0.05, 0.1) is 18.4 Å². The Labute approximate surface area is 88.4 Å². The molecular formula is C8H9BrF2N2O. The predicted molar refractivity (Wildman–Crippen MR) is 51.3 cm³/mol. The maximum Gasteiger partial charge on any atom is 0.266 e. The van der Waals surface area contributed by atoms with E-state index in [1.807, 2.05) is 0 Å². The standard InChI is InChI=1S/C8H9BrF2N2O/c1-14-6-2-4(8(10)11)7(9)13-5(6)3-12/h2,8H,3,12H2,1H3. The molecule has 1 aromatic rings. The molecule has 0 amide bonds. The lowest BCUT2D eigenvalue weighted by Crippen LogP contribution is -2.05. The highest BCUT2D eigenvalue weighted by Crippen LogP contribution is 2.30. The van der Waals surface area contributed by atoms with Crippen LogP contribution in [0.2, 0.25) is 0 Å². The molecule has 1 aromatic heterocycles. The molecule has 0 aliphatic rings. The van der Waals surface area contributed by atoms with Crippen LogP contribution < -0.4 is 10.5 Å². The van der Waals surface area contributed by atoms with Gasteiger partial charge in [-0.25, -0.2) is 13.8 Å². The molecule has 78 valence electrons. The first kappa shape index (κ1) is 11.3. The van der Waals surface area contributed by atoms with Crippen LogP contribution >= 0.6 is 15.9 Å². The Morgan fingerprint density at radius 3 is 2.71 bits per heavy atom. The number of methoxy groups -OCH3 is 1. The lowest BCUT2D eigenvalue weighted by atomic mass is 10.2. The van der Waals surface area contributed by atoms with Gasteiger partial charge in [0.25, 0.3) is 6.43 Å². The Morgan fingerprint density at radius 2 is 2.29 bits per heavy atom. The molecule has 0 aliphatic carbocycles. The molecular weight excluding hydrogens is 258 g/mol. The molecule has 6 heteroatoms. The first-order chi connectivity index (χ1) is 6.60. The molecule has 2 N–H and O–H groups in total. The lowest BCUT2D eigenvalue weighted by molar-refractivity contribution is 0.149. The highest BCUT2D eigenvalue weighted by atomic mass is 79.9. The molecule has 0 bridgehead atoms. The summed E-state index contributed by atoms with van der Waals surface area (Å²) in [4.78, 5) is 3.87. The van der Waals surface area contributed by atoms with Crippen LogP contribution in [0.4, 0.5) is 8.78 Å². The van der Waals surface area contributed by atoms with Gasteiger partial charge >= 0.3 is 0 Å². The van der Waals surface area contributed by atoms with Crippen LogP contribution in [0, 0.1) is 0 Å². The predicted octanol–water partition coefficient (Wildman–Crippen LogP) is 2.25. The summed E-state index contributed by atoms with van der Waals surface area (Å²) in [6, 6.07) is 1.24. The number of nitrogens with two attached hydrogens (primary N) is 1. The first-order valence-electron chi connectivity index (χ1n) is 3.81. The van der Waals surface area contributed by atoms with E-state index < -0.39 is 6.43 Å². The maximum absolute atomic E-state index is 12.4. The zero-order valence-electron chi connectivity index (χ0n) is 7.43. The number of ether oxygens (including phenoxy) is 1. The van der Waals surface area contributed by atoms with Crippen molar-refractivity contribution in [2.45, 2.75) is 13.0 Å². The second-order valence-corrected chi connectivity index (χ2v) is 3.27. The van der Waals surface area contributed by atoms with Crippen LogP contribution in [0.5, 0.6) is 5.75 Å². The molecule has 0 fully saturated rings. The van der Waals surface area contributed by atoms with Crippen molar-refractivity contribution in [2.75, 3.05) is 7.11 Å². The highest BCUT2D eigenvalue weighted by molar-refractivity contribution is 9.10. The van der Waals surface area contributed by atoms with E-state index in [2.05, 4.69) is 20.9 Å². The topological polar surface area (TPSA) is 48.1 Å². The normalized spacial score (nSPS) is 10.7. The van der Waals surface area contributed by atoms with Crippen molar-refractivity contribution in [3.63, 3.8) is 0 Å². The number of halogens is 3. The smallest absolute Gasteiger partial charge is 0.266 e. The van der Waals surface area contributed by atoms with Crippen molar-refractivity contribution < 1.29 is 13.5 Å². The number of rotatable bonds is 3. The quantitative estimate of drug-likeness (QED) is 0.854. The molecule has 1 heterocycles. The number of hydrogen-bond donors (Lipinski definition) is 1. The summed E-state index contributed by atoms with van der Waals surface area (Å²) in [5.41, 5.74) is 5.62. The summed E-state index contributed by atoms with van der Waals surface area (Å²) in [7, 11) is 1.39. The third-order valence-corrected chi connectivity index (χ3v) is 2.33. The summed E-state index contributed by atoms with van der Waals surface area (Å²) in [6.07, 6.45) is -2.59. The fourth-order valence-electron chi connectivity index (χ4n) is 0.998. The highest BCUT2D eigenvalue weighted by Gasteiger charge is 2.16. The molecule has 0 aromatic carbocycles. The second kappa shape index (κ2) is 4.65. The summed E-state index contributed by atoms with van der Waals surface area (Å²) >= 11 is 2.95. The number of alkyl halides is 2. The van der Waals surface area contributed by atoms with Crippen molar-refractivity contribution in [1.29, 1.82) is 0 Å². The van der Waals surface area contributed by atoms with E-state index in [4.69, 9.17) is 10.5 Å². The van der Waals surface area contributed by atoms with Crippen LogP contribution in [0.15, 0.2) is 10.7 Å². The van der Waals surface area contributed by atoms with Gasteiger partial charge in [0.2, 0.25) is 0 Å². The zero-order valence-corrected chi connectivity index (χ0v) is 9.01. The molecule has 1 rings (SSSR count). The van der Waals surface area contributed by atoms with Crippen LogP contribution in [0.1, 0.15) is 17.7 Å². The average molecular weight is 267 g/mol. The Balaban J connectivity index is 3.23. The van der Waals surface area contributed by atoms with Crippen molar-refractivity contribution in [2.24, 2.45) is 5.73 Å². The van der Waals surface area contributed by atoms with Gasteiger partial charge in [0.1, 0.15) is 10.4 Å². The number of hydrogen-bond acceptors (Lipinski definition) is 3. The minimum absolute atomic E-state index is 0.105. The zero-order chi connectivity index (χ0) is 10.7. The van der Waals surface area contributed by atoms with E-state index in [-0.39, 0.29) is 22.5 Å². The Kier molecular flexibility index (Phi) is 3.77. The Morgan fingerprint density at radius 1 is 1.64 bits per heavy atom. The number of pyridine rings is 1. The Bertz CT molecular complexity index is 333. The first-order valence-corrected chi connectivity index (χ1v) is 4.61. The minimum Gasteiger partial charge on any atom is -0.495 e. The molecule has 0 radical (unpaired) electrons. The molecule has 14 heavy (non-hydrogen) atoms. The summed E-state index contributed by atoms with van der Waals surface area (Å²) in [6.45, 7) is 0.144. The van der Waals surface area contributed by atoms with Gasteiger partial charge in [-0.05, 0) is 22.0 Å². The van der Waals surface area contributed by atoms with Crippen LogP contribution in [0.3, 0.4) is 0 Å². The number of aromatic nitrogens is 1. The third-order valence-electron chi connectivity index (χ3n) is 1.69. The molecule has 0 aliphatic heterocycles. The second-order valence-electron chi connectivity index (χ2n) is 2.52.